The van der Waals surface area contributed by atoms with Gasteiger partial charge in [0.2, 0.25) is 0 Å². The van der Waals surface area contributed by atoms with Crippen molar-refractivity contribution in [3.63, 3.8) is 0 Å². The molecule has 1 N–H and O–H groups in total. The van der Waals surface area contributed by atoms with Crippen molar-refractivity contribution in [3.8, 4) is 5.75 Å². The summed E-state index contributed by atoms with van der Waals surface area (Å²) < 4.78 is 5.70. The molecule has 2 aliphatic heterocycles. The van der Waals surface area contributed by atoms with Crippen LogP contribution in [0, 0.1) is 0 Å². The van der Waals surface area contributed by atoms with E-state index < -0.39 is 0 Å². The van der Waals surface area contributed by atoms with Gasteiger partial charge in [-0.1, -0.05) is 36.8 Å². The molecule has 4 nitrogen and oxygen atoms in total. The van der Waals surface area contributed by atoms with E-state index in [4.69, 9.17) is 4.74 Å². The molecule has 0 aliphatic carbocycles. The first-order chi connectivity index (χ1) is 11.8. The molecule has 2 saturated heterocycles. The Balaban J connectivity index is 1.32. The summed E-state index contributed by atoms with van der Waals surface area (Å²) in [6, 6.07) is 14.9. The highest BCUT2D eigenvalue weighted by atomic mass is 16.5. The first kappa shape index (κ1) is 15.5. The smallest absolute Gasteiger partial charge is 0.258 e. The molecule has 0 saturated carbocycles. The molecule has 2 fully saturated rings. The summed E-state index contributed by atoms with van der Waals surface area (Å²) in [5, 5.41) is 5.49. The third-order valence-corrected chi connectivity index (χ3v) is 5.29. The Hall–Kier alpha value is -2.07. The number of ether oxygens (including phenoxy) is 1. The van der Waals surface area contributed by atoms with Crippen LogP contribution in [0.1, 0.15) is 25.7 Å². The monoisotopic (exact) mass is 324 g/mol. The first-order valence-corrected chi connectivity index (χ1v) is 8.95. The van der Waals surface area contributed by atoms with Gasteiger partial charge in [0.25, 0.3) is 5.91 Å². The van der Waals surface area contributed by atoms with Gasteiger partial charge in [-0.2, -0.15) is 0 Å². The van der Waals surface area contributed by atoms with E-state index in [1.165, 1.54) is 31.2 Å². The van der Waals surface area contributed by atoms with Crippen molar-refractivity contribution >= 4 is 16.7 Å². The Bertz CT molecular complexity index is 730. The second-order valence-electron chi connectivity index (χ2n) is 6.86. The Morgan fingerprint density at radius 2 is 1.96 bits per heavy atom. The van der Waals surface area contributed by atoms with Crippen molar-refractivity contribution in [1.29, 1.82) is 0 Å². The second kappa shape index (κ2) is 6.81. The zero-order chi connectivity index (χ0) is 16.4. The number of carbonyl (C=O) groups excluding carboxylic acids is 1. The van der Waals surface area contributed by atoms with E-state index in [-0.39, 0.29) is 18.6 Å². The van der Waals surface area contributed by atoms with Crippen LogP contribution in [0.2, 0.25) is 0 Å². The molecule has 2 heterocycles. The highest BCUT2D eigenvalue weighted by Gasteiger charge is 2.36. The molecule has 4 rings (SSSR count). The van der Waals surface area contributed by atoms with E-state index in [0.29, 0.717) is 6.04 Å². The number of hydrogen-bond acceptors (Lipinski definition) is 3. The maximum Gasteiger partial charge on any atom is 0.258 e. The van der Waals surface area contributed by atoms with E-state index in [1.807, 2.05) is 30.3 Å². The zero-order valence-electron chi connectivity index (χ0n) is 13.9. The van der Waals surface area contributed by atoms with Crippen LogP contribution in [0.15, 0.2) is 42.5 Å². The first-order valence-electron chi connectivity index (χ1n) is 8.95. The summed E-state index contributed by atoms with van der Waals surface area (Å²) in [7, 11) is 0. The summed E-state index contributed by atoms with van der Waals surface area (Å²) in [6.45, 7) is 2.38. The van der Waals surface area contributed by atoms with Gasteiger partial charge in [-0.05, 0) is 48.7 Å². The van der Waals surface area contributed by atoms with Gasteiger partial charge in [-0.15, -0.1) is 0 Å². The van der Waals surface area contributed by atoms with Gasteiger partial charge in [0, 0.05) is 18.6 Å². The van der Waals surface area contributed by atoms with Crippen LogP contribution in [-0.2, 0) is 4.79 Å². The van der Waals surface area contributed by atoms with Crippen molar-refractivity contribution in [1.82, 2.24) is 10.2 Å². The summed E-state index contributed by atoms with van der Waals surface area (Å²) in [4.78, 5) is 14.8. The maximum absolute atomic E-state index is 12.3. The number of fused-ring (bicyclic) bond motifs is 2. The fraction of sp³-hybridized carbons (Fsp3) is 0.450. The molecule has 0 aromatic heterocycles. The van der Waals surface area contributed by atoms with Gasteiger partial charge in [-0.25, -0.2) is 0 Å². The SMILES string of the molecule is O=C(COc1ccc2ccccc2c1)N[C@@H]1CCN2CCCC[C@H]12. The van der Waals surface area contributed by atoms with Crippen LogP contribution in [0.3, 0.4) is 0 Å². The van der Waals surface area contributed by atoms with Crippen LogP contribution in [-0.4, -0.2) is 42.6 Å². The molecule has 2 aromatic carbocycles. The molecule has 2 atom stereocenters. The maximum atomic E-state index is 12.3. The van der Waals surface area contributed by atoms with Crippen molar-refractivity contribution in [2.24, 2.45) is 0 Å². The Morgan fingerprint density at radius 1 is 1.08 bits per heavy atom. The fourth-order valence-electron chi connectivity index (χ4n) is 4.07. The van der Waals surface area contributed by atoms with Gasteiger partial charge in [0.1, 0.15) is 5.75 Å². The van der Waals surface area contributed by atoms with Crippen LogP contribution >= 0.6 is 0 Å². The average Bonchev–Trinajstić information content (AvgIpc) is 3.03. The largest absolute Gasteiger partial charge is 0.484 e. The number of nitrogens with zero attached hydrogens (tertiary/aromatic N) is 1. The number of rotatable bonds is 4. The van der Waals surface area contributed by atoms with Gasteiger partial charge in [0.05, 0.1) is 0 Å². The normalized spacial score (nSPS) is 23.8. The Kier molecular flexibility index (Phi) is 4.39. The number of piperidine rings is 1. The van der Waals surface area contributed by atoms with Gasteiger partial charge >= 0.3 is 0 Å². The van der Waals surface area contributed by atoms with Crippen molar-refractivity contribution in [2.45, 2.75) is 37.8 Å². The number of amides is 1. The third-order valence-electron chi connectivity index (χ3n) is 5.29. The molecule has 0 radical (unpaired) electrons. The van der Waals surface area contributed by atoms with Gasteiger partial charge < -0.3 is 10.1 Å². The fourth-order valence-corrected chi connectivity index (χ4v) is 4.07. The van der Waals surface area contributed by atoms with Gasteiger partial charge in [-0.3, -0.25) is 9.69 Å². The zero-order valence-corrected chi connectivity index (χ0v) is 13.9. The quantitative estimate of drug-likeness (QED) is 0.940. The molecule has 24 heavy (non-hydrogen) atoms. The van der Waals surface area contributed by atoms with Crippen LogP contribution in [0.4, 0.5) is 0 Å². The Morgan fingerprint density at radius 3 is 2.88 bits per heavy atom. The number of benzene rings is 2. The second-order valence-corrected chi connectivity index (χ2v) is 6.86. The molecular formula is C20H24N2O2. The van der Waals surface area contributed by atoms with Crippen molar-refractivity contribution in [2.75, 3.05) is 19.7 Å². The summed E-state index contributed by atoms with van der Waals surface area (Å²) in [5.41, 5.74) is 0. The minimum Gasteiger partial charge on any atom is -0.484 e. The summed E-state index contributed by atoms with van der Waals surface area (Å²) in [5.74, 6) is 0.732. The predicted octanol–water partition coefficient (Wildman–Crippen LogP) is 2.96. The lowest BCUT2D eigenvalue weighted by molar-refractivity contribution is -0.124. The molecule has 0 bridgehead atoms. The van der Waals surface area contributed by atoms with Crippen molar-refractivity contribution in [3.05, 3.63) is 42.5 Å². The Labute approximate surface area is 142 Å². The number of carbonyl (C=O) groups is 1. The summed E-state index contributed by atoms with van der Waals surface area (Å²) in [6.07, 6.45) is 4.84. The lowest BCUT2D eigenvalue weighted by atomic mass is 9.99. The number of nitrogens with one attached hydrogen (secondary N) is 1. The van der Waals surface area contributed by atoms with Crippen molar-refractivity contribution < 1.29 is 9.53 Å². The molecule has 0 spiro atoms. The molecule has 1 amide bonds. The highest BCUT2D eigenvalue weighted by molar-refractivity contribution is 5.84. The van der Waals surface area contributed by atoms with E-state index in [2.05, 4.69) is 22.3 Å². The standard InChI is InChI=1S/C20H24N2O2/c23-20(21-18-10-12-22-11-4-3-7-19(18)22)14-24-17-9-8-15-5-1-2-6-16(15)13-17/h1-2,5-6,8-9,13,18-19H,3-4,7,10-12,14H2,(H,21,23)/t18-,19-/m1/s1. The highest BCUT2D eigenvalue weighted by Crippen LogP contribution is 2.27. The van der Waals surface area contributed by atoms with Crippen LogP contribution < -0.4 is 10.1 Å². The predicted molar refractivity (Wildman–Crippen MR) is 95.2 cm³/mol. The average molecular weight is 324 g/mol. The molecule has 126 valence electrons. The van der Waals surface area contributed by atoms with Crippen LogP contribution in [0.5, 0.6) is 5.75 Å². The van der Waals surface area contributed by atoms with E-state index in [1.54, 1.807) is 0 Å². The lowest BCUT2D eigenvalue weighted by Gasteiger charge is -2.32. The number of hydrogen-bond donors (Lipinski definition) is 1. The molecule has 2 aromatic rings. The molecule has 2 aliphatic rings. The van der Waals surface area contributed by atoms with Gasteiger partial charge in [0.15, 0.2) is 6.61 Å². The minimum atomic E-state index is -0.0133. The minimum absolute atomic E-state index is 0.0133. The van der Waals surface area contributed by atoms with E-state index >= 15 is 0 Å². The molecule has 4 heteroatoms. The third kappa shape index (κ3) is 3.24. The van der Waals surface area contributed by atoms with E-state index in [0.717, 1.165) is 24.1 Å². The van der Waals surface area contributed by atoms with Crippen LogP contribution in [0.25, 0.3) is 10.8 Å². The topological polar surface area (TPSA) is 41.6 Å². The molecule has 0 unspecified atom stereocenters. The van der Waals surface area contributed by atoms with E-state index in [9.17, 15) is 4.79 Å². The molecular weight excluding hydrogens is 300 g/mol. The lowest BCUT2D eigenvalue weighted by Crippen LogP contribution is -2.47. The summed E-state index contributed by atoms with van der Waals surface area (Å²) >= 11 is 0.